The number of hydrogen-bond donors (Lipinski definition) is 1. The second-order valence-electron chi connectivity index (χ2n) is 6.78. The van der Waals surface area contributed by atoms with Crippen molar-refractivity contribution in [3.8, 4) is 17.2 Å². The summed E-state index contributed by atoms with van der Waals surface area (Å²) < 4.78 is 25.0. The Bertz CT molecular complexity index is 711. The number of ether oxygens (including phenoxy) is 1. The number of methoxy groups -OCH3 is 1. The second-order valence-corrected chi connectivity index (χ2v) is 6.78. The number of benzene rings is 1. The van der Waals surface area contributed by atoms with Crippen molar-refractivity contribution in [2.24, 2.45) is 5.92 Å². The Hall–Kier alpha value is -1.92. The minimum Gasteiger partial charge on any atom is -0.497 e. The van der Waals surface area contributed by atoms with Crippen LogP contribution in [0.4, 0.5) is 4.39 Å². The second kappa shape index (κ2) is 7.97. The van der Waals surface area contributed by atoms with Crippen molar-refractivity contribution in [2.45, 2.75) is 26.3 Å². The van der Waals surface area contributed by atoms with Crippen molar-refractivity contribution in [1.29, 1.82) is 0 Å². The van der Waals surface area contributed by atoms with Crippen molar-refractivity contribution in [3.63, 3.8) is 0 Å². The average molecular weight is 347 g/mol. The molecule has 1 saturated heterocycles. The van der Waals surface area contributed by atoms with Gasteiger partial charge in [-0.2, -0.15) is 0 Å². The van der Waals surface area contributed by atoms with Crippen LogP contribution < -0.4 is 10.1 Å². The smallest absolute Gasteiger partial charge is 0.229 e. The molecule has 25 heavy (non-hydrogen) atoms. The van der Waals surface area contributed by atoms with E-state index in [1.54, 1.807) is 19.2 Å². The Morgan fingerprint density at radius 3 is 3.00 bits per heavy atom. The van der Waals surface area contributed by atoms with E-state index in [-0.39, 0.29) is 5.82 Å². The van der Waals surface area contributed by atoms with Gasteiger partial charge in [-0.15, -0.1) is 0 Å². The van der Waals surface area contributed by atoms with Gasteiger partial charge in [-0.05, 0) is 64.0 Å². The first-order valence-electron chi connectivity index (χ1n) is 8.76. The maximum Gasteiger partial charge on any atom is 0.229 e. The van der Waals surface area contributed by atoms with Gasteiger partial charge in [0.1, 0.15) is 17.3 Å². The summed E-state index contributed by atoms with van der Waals surface area (Å²) in [6.07, 6.45) is 2.50. The molecular weight excluding hydrogens is 321 g/mol. The standard InChI is InChI=1S/C19H26FN3O2/c1-13-18(12-23(2)11-14-5-4-8-21-10-14)22-19(25-13)16-9-15(24-3)6-7-17(16)20/h6-7,9,14,21H,4-5,8,10-12H2,1-3H3/t14-/m0/s1. The van der Waals surface area contributed by atoms with Crippen LogP contribution in [-0.4, -0.2) is 43.7 Å². The van der Waals surface area contributed by atoms with E-state index in [4.69, 9.17) is 9.15 Å². The summed E-state index contributed by atoms with van der Waals surface area (Å²) in [5, 5.41) is 3.44. The number of halogens is 1. The molecule has 0 amide bonds. The molecule has 1 aromatic heterocycles. The lowest BCUT2D eigenvalue weighted by Crippen LogP contribution is -2.36. The molecule has 0 bridgehead atoms. The van der Waals surface area contributed by atoms with Crippen molar-refractivity contribution in [3.05, 3.63) is 35.5 Å². The van der Waals surface area contributed by atoms with E-state index in [1.807, 2.05) is 6.92 Å². The molecule has 0 saturated carbocycles. The third kappa shape index (κ3) is 4.38. The Kier molecular flexibility index (Phi) is 5.71. The number of oxazole rings is 1. The third-order valence-corrected chi connectivity index (χ3v) is 4.69. The van der Waals surface area contributed by atoms with E-state index in [9.17, 15) is 4.39 Å². The fourth-order valence-electron chi connectivity index (χ4n) is 3.33. The molecule has 2 heterocycles. The average Bonchev–Trinajstić information content (AvgIpc) is 2.96. The van der Waals surface area contributed by atoms with Gasteiger partial charge >= 0.3 is 0 Å². The number of piperidine rings is 1. The van der Waals surface area contributed by atoms with Gasteiger partial charge in [0, 0.05) is 13.1 Å². The number of aromatic nitrogens is 1. The monoisotopic (exact) mass is 347 g/mol. The summed E-state index contributed by atoms with van der Waals surface area (Å²) in [6.45, 7) is 5.78. The zero-order chi connectivity index (χ0) is 17.8. The molecule has 1 aliphatic heterocycles. The molecule has 1 aromatic carbocycles. The minimum atomic E-state index is -0.366. The Morgan fingerprint density at radius 1 is 1.44 bits per heavy atom. The van der Waals surface area contributed by atoms with Crippen molar-refractivity contribution in [1.82, 2.24) is 15.2 Å². The lowest BCUT2D eigenvalue weighted by molar-refractivity contribution is 0.235. The summed E-state index contributed by atoms with van der Waals surface area (Å²) in [4.78, 5) is 6.79. The van der Waals surface area contributed by atoms with Crippen LogP contribution >= 0.6 is 0 Å². The van der Waals surface area contributed by atoms with Gasteiger partial charge in [-0.1, -0.05) is 0 Å². The molecule has 0 spiro atoms. The molecule has 1 atom stereocenters. The van der Waals surface area contributed by atoms with E-state index in [1.165, 1.54) is 18.9 Å². The highest BCUT2D eigenvalue weighted by Crippen LogP contribution is 2.28. The maximum absolute atomic E-state index is 14.1. The van der Waals surface area contributed by atoms with Crippen LogP contribution in [0.1, 0.15) is 24.3 Å². The zero-order valence-electron chi connectivity index (χ0n) is 15.1. The number of rotatable bonds is 6. The first-order valence-corrected chi connectivity index (χ1v) is 8.76. The van der Waals surface area contributed by atoms with Crippen LogP contribution in [0, 0.1) is 18.7 Å². The normalized spacial score (nSPS) is 17.9. The van der Waals surface area contributed by atoms with Gasteiger partial charge in [0.15, 0.2) is 0 Å². The van der Waals surface area contributed by atoms with Gasteiger partial charge in [-0.3, -0.25) is 0 Å². The molecule has 6 heteroatoms. The van der Waals surface area contributed by atoms with Crippen LogP contribution in [0.5, 0.6) is 5.75 Å². The molecule has 5 nitrogen and oxygen atoms in total. The molecule has 1 N–H and O–H groups in total. The fraction of sp³-hybridized carbons (Fsp3) is 0.526. The fourth-order valence-corrected chi connectivity index (χ4v) is 3.33. The Balaban J connectivity index is 1.71. The summed E-state index contributed by atoms with van der Waals surface area (Å²) in [5.41, 5.74) is 1.18. The van der Waals surface area contributed by atoms with Gasteiger partial charge < -0.3 is 19.4 Å². The van der Waals surface area contributed by atoms with E-state index in [0.717, 1.165) is 31.1 Å². The summed E-state index contributed by atoms with van der Waals surface area (Å²) >= 11 is 0. The molecular formula is C19H26FN3O2. The predicted molar refractivity (Wildman–Crippen MR) is 95.1 cm³/mol. The zero-order valence-corrected chi connectivity index (χ0v) is 15.1. The van der Waals surface area contributed by atoms with E-state index in [2.05, 4.69) is 22.2 Å². The number of nitrogens with zero attached hydrogens (tertiary/aromatic N) is 2. The van der Waals surface area contributed by atoms with Gasteiger partial charge in [0.25, 0.3) is 0 Å². The molecule has 3 rings (SSSR count). The summed E-state index contributed by atoms with van der Waals surface area (Å²) in [7, 11) is 3.65. The third-order valence-electron chi connectivity index (χ3n) is 4.69. The van der Waals surface area contributed by atoms with Gasteiger partial charge in [0.05, 0.1) is 18.4 Å². The number of hydrogen-bond acceptors (Lipinski definition) is 5. The van der Waals surface area contributed by atoms with Crippen LogP contribution in [-0.2, 0) is 6.54 Å². The molecule has 1 aliphatic rings. The molecule has 0 radical (unpaired) electrons. The van der Waals surface area contributed by atoms with Crippen LogP contribution in [0.3, 0.4) is 0 Å². The summed E-state index contributed by atoms with van der Waals surface area (Å²) in [5.74, 6) is 1.91. The number of aryl methyl sites for hydroxylation is 1. The molecule has 1 fully saturated rings. The van der Waals surface area contributed by atoms with E-state index < -0.39 is 0 Å². The van der Waals surface area contributed by atoms with Gasteiger partial charge in [-0.25, -0.2) is 9.37 Å². The first-order chi connectivity index (χ1) is 12.1. The lowest BCUT2D eigenvalue weighted by atomic mass is 9.99. The number of nitrogens with one attached hydrogen (secondary N) is 1. The maximum atomic E-state index is 14.1. The predicted octanol–water partition coefficient (Wildman–Crippen LogP) is 3.23. The van der Waals surface area contributed by atoms with Crippen molar-refractivity contribution in [2.75, 3.05) is 33.8 Å². The van der Waals surface area contributed by atoms with Crippen molar-refractivity contribution < 1.29 is 13.5 Å². The largest absolute Gasteiger partial charge is 0.497 e. The first kappa shape index (κ1) is 17.9. The highest BCUT2D eigenvalue weighted by atomic mass is 19.1. The van der Waals surface area contributed by atoms with Gasteiger partial charge in [0.2, 0.25) is 5.89 Å². The van der Waals surface area contributed by atoms with Crippen molar-refractivity contribution >= 4 is 0 Å². The minimum absolute atomic E-state index is 0.302. The lowest BCUT2D eigenvalue weighted by Gasteiger charge is -2.27. The quantitative estimate of drug-likeness (QED) is 0.869. The molecule has 0 unspecified atom stereocenters. The van der Waals surface area contributed by atoms with Crippen LogP contribution in [0.2, 0.25) is 0 Å². The van der Waals surface area contributed by atoms with Crippen LogP contribution in [0.15, 0.2) is 22.6 Å². The van der Waals surface area contributed by atoms with E-state index >= 15 is 0 Å². The topological polar surface area (TPSA) is 50.5 Å². The molecule has 136 valence electrons. The highest BCUT2D eigenvalue weighted by molar-refractivity contribution is 5.57. The van der Waals surface area contributed by atoms with E-state index in [0.29, 0.717) is 29.7 Å². The highest BCUT2D eigenvalue weighted by Gasteiger charge is 2.19. The Morgan fingerprint density at radius 2 is 2.28 bits per heavy atom. The molecule has 0 aliphatic carbocycles. The Labute approximate surface area is 148 Å². The molecule has 2 aromatic rings. The SMILES string of the molecule is COc1ccc(F)c(-c2nc(CN(C)C[C@H]3CCCNC3)c(C)o2)c1. The summed E-state index contributed by atoms with van der Waals surface area (Å²) in [6, 6.07) is 4.57. The van der Waals surface area contributed by atoms with Crippen LogP contribution in [0.25, 0.3) is 11.5 Å².